The van der Waals surface area contributed by atoms with Gasteiger partial charge in [0.15, 0.2) is 0 Å². The van der Waals surface area contributed by atoms with Gasteiger partial charge >= 0.3 is 5.97 Å². The van der Waals surface area contributed by atoms with Gasteiger partial charge in [-0.05, 0) is 25.2 Å². The molecule has 3 heteroatoms. The zero-order chi connectivity index (χ0) is 11.3. The highest BCUT2D eigenvalue weighted by molar-refractivity contribution is 5.78. The Hall–Kier alpha value is -0.830. The molecule has 88 valence electrons. The van der Waals surface area contributed by atoms with Gasteiger partial charge in [-0.3, -0.25) is 9.69 Å². The minimum absolute atomic E-state index is 0.171. The van der Waals surface area contributed by atoms with Crippen molar-refractivity contribution >= 4 is 5.97 Å². The van der Waals surface area contributed by atoms with Crippen LogP contribution in [0.25, 0.3) is 0 Å². The van der Waals surface area contributed by atoms with E-state index in [4.69, 9.17) is 5.11 Å². The summed E-state index contributed by atoms with van der Waals surface area (Å²) in [5.74, 6) is 0.230. The van der Waals surface area contributed by atoms with Crippen molar-refractivity contribution in [3.8, 4) is 0 Å². The van der Waals surface area contributed by atoms with E-state index >= 15 is 0 Å². The standard InChI is InChI=1S/C13H19NO2/c1-2-3-8-4-9-6-11-12(13(15)16)14(11)7-10(9)5-8/h8,11-12H,2-7H2,1H3,(H,15,16)/t8-,11+,12-,14?/m0/s1. The summed E-state index contributed by atoms with van der Waals surface area (Å²) >= 11 is 0. The molecule has 16 heavy (non-hydrogen) atoms. The Bertz CT molecular complexity index is 337. The van der Waals surface area contributed by atoms with Gasteiger partial charge in [0.2, 0.25) is 0 Å². The Morgan fingerprint density at radius 3 is 2.81 bits per heavy atom. The van der Waals surface area contributed by atoms with Crippen molar-refractivity contribution in [3.63, 3.8) is 0 Å². The number of rotatable bonds is 3. The van der Waals surface area contributed by atoms with Crippen molar-refractivity contribution in [1.82, 2.24) is 4.90 Å². The maximum Gasteiger partial charge on any atom is 0.322 e. The number of aliphatic carboxylic acids is 1. The van der Waals surface area contributed by atoms with Crippen LogP contribution in [0.2, 0.25) is 0 Å². The molecule has 1 unspecified atom stereocenters. The smallest absolute Gasteiger partial charge is 0.322 e. The molecule has 2 aliphatic heterocycles. The molecule has 4 atom stereocenters. The molecule has 2 heterocycles. The van der Waals surface area contributed by atoms with Crippen molar-refractivity contribution in [2.45, 2.75) is 51.1 Å². The summed E-state index contributed by atoms with van der Waals surface area (Å²) in [4.78, 5) is 13.1. The number of nitrogens with zero attached hydrogens (tertiary/aromatic N) is 1. The minimum Gasteiger partial charge on any atom is -0.480 e. The molecule has 0 aromatic carbocycles. The van der Waals surface area contributed by atoms with Gasteiger partial charge in [-0.2, -0.15) is 0 Å². The van der Waals surface area contributed by atoms with Crippen LogP contribution in [0, 0.1) is 5.92 Å². The lowest BCUT2D eigenvalue weighted by atomic mass is 9.98. The molecule has 0 amide bonds. The zero-order valence-corrected chi connectivity index (χ0v) is 9.78. The molecule has 0 spiro atoms. The fourth-order valence-electron chi connectivity index (χ4n) is 3.63. The summed E-state index contributed by atoms with van der Waals surface area (Å²) in [5, 5.41) is 9.02. The monoisotopic (exact) mass is 221 g/mol. The van der Waals surface area contributed by atoms with Crippen LogP contribution in [0.3, 0.4) is 0 Å². The first-order chi connectivity index (χ1) is 7.70. The van der Waals surface area contributed by atoms with Crippen LogP contribution >= 0.6 is 0 Å². The first-order valence-electron chi connectivity index (χ1n) is 6.39. The van der Waals surface area contributed by atoms with E-state index in [2.05, 4.69) is 11.8 Å². The maximum atomic E-state index is 11.0. The van der Waals surface area contributed by atoms with E-state index in [0.29, 0.717) is 6.04 Å². The predicted octanol–water partition coefficient (Wildman–Crippen LogP) is 2.03. The molecule has 1 saturated heterocycles. The molecule has 0 bridgehead atoms. The number of carbonyl (C=O) groups is 1. The summed E-state index contributed by atoms with van der Waals surface area (Å²) < 4.78 is 0. The first-order valence-corrected chi connectivity index (χ1v) is 6.39. The molecule has 1 aliphatic carbocycles. The van der Waals surface area contributed by atoms with Crippen LogP contribution in [0.15, 0.2) is 11.1 Å². The van der Waals surface area contributed by atoms with E-state index in [-0.39, 0.29) is 6.04 Å². The zero-order valence-electron chi connectivity index (χ0n) is 9.78. The third-order valence-corrected chi connectivity index (χ3v) is 4.41. The summed E-state index contributed by atoms with van der Waals surface area (Å²) in [6, 6.07) is 0.159. The quantitative estimate of drug-likeness (QED) is 0.585. The molecular formula is C13H19NO2. The summed E-state index contributed by atoms with van der Waals surface area (Å²) in [7, 11) is 0. The molecule has 3 aliphatic rings. The molecule has 0 radical (unpaired) electrons. The van der Waals surface area contributed by atoms with Crippen molar-refractivity contribution in [2.75, 3.05) is 6.54 Å². The second kappa shape index (κ2) is 3.59. The van der Waals surface area contributed by atoms with Crippen molar-refractivity contribution in [2.24, 2.45) is 5.92 Å². The fraction of sp³-hybridized carbons (Fsp3) is 0.769. The van der Waals surface area contributed by atoms with Crippen LogP contribution in [0.5, 0.6) is 0 Å². The normalized spacial score (nSPS) is 40.6. The van der Waals surface area contributed by atoms with Gasteiger partial charge in [0.25, 0.3) is 0 Å². The van der Waals surface area contributed by atoms with Crippen LogP contribution in [-0.2, 0) is 4.79 Å². The average molecular weight is 221 g/mol. The van der Waals surface area contributed by atoms with Crippen LogP contribution in [-0.4, -0.2) is 34.6 Å². The Morgan fingerprint density at radius 2 is 2.12 bits per heavy atom. The number of fused-ring (bicyclic) bond motifs is 1. The molecule has 1 N–H and O–H groups in total. The highest BCUT2D eigenvalue weighted by Crippen LogP contribution is 2.47. The van der Waals surface area contributed by atoms with Crippen molar-refractivity contribution < 1.29 is 9.90 Å². The van der Waals surface area contributed by atoms with E-state index in [1.807, 2.05) is 0 Å². The lowest BCUT2D eigenvalue weighted by molar-refractivity contribution is -0.137. The SMILES string of the molecule is CCC[C@H]1CC2=C(C1)CN1[C@H](C2)[C@H]1C(=O)O. The second-order valence-corrected chi connectivity index (χ2v) is 5.50. The third-order valence-electron chi connectivity index (χ3n) is 4.41. The number of hydrogen-bond acceptors (Lipinski definition) is 2. The predicted molar refractivity (Wildman–Crippen MR) is 61.2 cm³/mol. The van der Waals surface area contributed by atoms with E-state index in [0.717, 1.165) is 18.9 Å². The highest BCUT2D eigenvalue weighted by atomic mass is 16.4. The van der Waals surface area contributed by atoms with Gasteiger partial charge in [-0.25, -0.2) is 0 Å². The molecule has 3 rings (SSSR count). The molecule has 3 nitrogen and oxygen atoms in total. The molecule has 1 fully saturated rings. The van der Waals surface area contributed by atoms with Gasteiger partial charge in [0.1, 0.15) is 6.04 Å². The highest BCUT2D eigenvalue weighted by Gasteiger charge is 2.55. The van der Waals surface area contributed by atoms with Crippen LogP contribution < -0.4 is 0 Å². The van der Waals surface area contributed by atoms with Crippen molar-refractivity contribution in [3.05, 3.63) is 11.1 Å². The third kappa shape index (κ3) is 1.49. The second-order valence-electron chi connectivity index (χ2n) is 5.50. The minimum atomic E-state index is -0.628. The van der Waals surface area contributed by atoms with Gasteiger partial charge < -0.3 is 5.11 Å². The Kier molecular flexibility index (Phi) is 2.32. The van der Waals surface area contributed by atoms with Gasteiger partial charge in [0, 0.05) is 12.6 Å². The number of carboxylic acids is 1. The molecular weight excluding hydrogens is 202 g/mol. The van der Waals surface area contributed by atoms with E-state index < -0.39 is 5.97 Å². The van der Waals surface area contributed by atoms with Gasteiger partial charge in [-0.1, -0.05) is 30.9 Å². The summed E-state index contributed by atoms with van der Waals surface area (Å²) in [6.07, 6.45) is 6.13. The Morgan fingerprint density at radius 1 is 1.38 bits per heavy atom. The van der Waals surface area contributed by atoms with Crippen molar-refractivity contribution in [1.29, 1.82) is 0 Å². The fourth-order valence-corrected chi connectivity index (χ4v) is 3.63. The van der Waals surface area contributed by atoms with E-state index in [1.54, 1.807) is 11.1 Å². The Balaban J connectivity index is 1.64. The van der Waals surface area contributed by atoms with Gasteiger partial charge in [-0.15, -0.1) is 0 Å². The number of hydrogen-bond donors (Lipinski definition) is 1. The van der Waals surface area contributed by atoms with E-state index in [9.17, 15) is 4.79 Å². The number of carboxylic acid groups (broad SMARTS) is 1. The molecule has 0 saturated carbocycles. The largest absolute Gasteiger partial charge is 0.480 e. The van der Waals surface area contributed by atoms with Gasteiger partial charge in [0.05, 0.1) is 0 Å². The lowest BCUT2D eigenvalue weighted by Crippen LogP contribution is -2.14. The topological polar surface area (TPSA) is 40.3 Å². The molecule has 0 aromatic rings. The van der Waals surface area contributed by atoms with E-state index in [1.165, 1.54) is 25.7 Å². The lowest BCUT2D eigenvalue weighted by Gasteiger charge is -2.13. The average Bonchev–Trinajstić information content (AvgIpc) is 2.77. The van der Waals surface area contributed by atoms with Crippen LogP contribution in [0.4, 0.5) is 0 Å². The van der Waals surface area contributed by atoms with Crippen LogP contribution in [0.1, 0.15) is 39.0 Å². The summed E-state index contributed by atoms with van der Waals surface area (Å²) in [5.41, 5.74) is 3.17. The first kappa shape index (κ1) is 10.3. The Labute approximate surface area is 96.1 Å². The summed E-state index contributed by atoms with van der Waals surface area (Å²) in [6.45, 7) is 3.19. The maximum absolute atomic E-state index is 11.0. The molecule has 0 aromatic heterocycles.